The van der Waals surface area contributed by atoms with Gasteiger partial charge in [0.15, 0.2) is 5.17 Å². The molecule has 0 spiro atoms. The summed E-state index contributed by atoms with van der Waals surface area (Å²) in [5, 5.41) is 9.26. The summed E-state index contributed by atoms with van der Waals surface area (Å²) in [6.45, 7) is 2.44. The minimum absolute atomic E-state index is 0.0710. The van der Waals surface area contributed by atoms with Crippen LogP contribution in [0.4, 0.5) is 5.69 Å². The molecule has 2 amide bonds. The summed E-state index contributed by atoms with van der Waals surface area (Å²) < 4.78 is 5.38. The van der Waals surface area contributed by atoms with Crippen LogP contribution in [0, 0.1) is 0 Å². The highest BCUT2D eigenvalue weighted by molar-refractivity contribution is 8.14. The predicted molar refractivity (Wildman–Crippen MR) is 110 cm³/mol. The van der Waals surface area contributed by atoms with Gasteiger partial charge in [-0.1, -0.05) is 17.8 Å². The molecule has 7 nitrogen and oxygen atoms in total. The number of amidine groups is 1. The van der Waals surface area contributed by atoms with Crippen molar-refractivity contribution in [2.75, 3.05) is 11.5 Å². The number of rotatable bonds is 6. The van der Waals surface area contributed by atoms with Gasteiger partial charge in [-0.2, -0.15) is 5.10 Å². The van der Waals surface area contributed by atoms with Gasteiger partial charge in [-0.3, -0.25) is 9.59 Å². The molecule has 9 heteroatoms. The van der Waals surface area contributed by atoms with Crippen molar-refractivity contribution in [1.82, 2.24) is 0 Å². The Balaban J connectivity index is 1.64. The Labute approximate surface area is 164 Å². The summed E-state index contributed by atoms with van der Waals surface area (Å²) in [5.41, 5.74) is 6.36. The topological polar surface area (TPSA) is 97.3 Å². The number of anilines is 1. The van der Waals surface area contributed by atoms with Gasteiger partial charge in [0.2, 0.25) is 11.8 Å². The van der Waals surface area contributed by atoms with Crippen molar-refractivity contribution in [2.24, 2.45) is 15.9 Å². The zero-order valence-electron chi connectivity index (χ0n) is 14.6. The maximum absolute atomic E-state index is 12.6. The predicted octanol–water partition coefficient (Wildman–Crippen LogP) is 2.86. The van der Waals surface area contributed by atoms with Gasteiger partial charge in [-0.25, -0.2) is 4.90 Å². The molecule has 1 aromatic heterocycles. The van der Waals surface area contributed by atoms with E-state index in [1.807, 2.05) is 24.4 Å². The van der Waals surface area contributed by atoms with Crippen LogP contribution >= 0.6 is 23.1 Å². The first-order valence-corrected chi connectivity index (χ1v) is 10.0. The fourth-order valence-corrected chi connectivity index (χ4v) is 3.90. The minimum Gasteiger partial charge on any atom is -0.494 e. The second-order valence-corrected chi connectivity index (χ2v) is 7.71. The van der Waals surface area contributed by atoms with Gasteiger partial charge in [-0.15, -0.1) is 16.4 Å². The van der Waals surface area contributed by atoms with Crippen molar-refractivity contribution < 1.29 is 14.3 Å². The molecule has 0 aliphatic carbocycles. The number of benzene rings is 1. The number of hydrogen-bond acceptors (Lipinski definition) is 7. The van der Waals surface area contributed by atoms with Crippen LogP contribution in [0.1, 0.15) is 18.2 Å². The molecule has 1 aromatic carbocycles. The largest absolute Gasteiger partial charge is 0.494 e. The Morgan fingerprint density at radius 2 is 2.15 bits per heavy atom. The maximum Gasteiger partial charge on any atom is 0.247 e. The first kappa shape index (κ1) is 19.1. The molecule has 2 N–H and O–H groups in total. The highest BCUT2D eigenvalue weighted by Crippen LogP contribution is 2.30. The van der Waals surface area contributed by atoms with Crippen LogP contribution in [0.25, 0.3) is 0 Å². The molecule has 1 saturated heterocycles. The molecule has 0 bridgehead atoms. The average Bonchev–Trinajstić information content (AvgIpc) is 3.25. The third kappa shape index (κ3) is 4.75. The standard InChI is InChI=1S/C18H18N4O3S2/c1-2-25-13-7-5-12(6-8-13)22-16(23)10-15(17(22)24)27-18(19)21-20-11-14-4-3-9-26-14/h3-9,11,15H,2,10H2,1H3,(H2,19,21)/b20-11+. The highest BCUT2D eigenvalue weighted by Gasteiger charge is 2.40. The van der Waals surface area contributed by atoms with E-state index in [4.69, 9.17) is 10.5 Å². The second kappa shape index (κ2) is 8.83. The lowest BCUT2D eigenvalue weighted by Crippen LogP contribution is -2.31. The van der Waals surface area contributed by atoms with E-state index in [1.165, 1.54) is 16.2 Å². The lowest BCUT2D eigenvalue weighted by Gasteiger charge is -2.15. The summed E-state index contributed by atoms with van der Waals surface area (Å²) in [7, 11) is 0. The number of imide groups is 1. The number of thioether (sulfide) groups is 1. The molecule has 2 aromatic rings. The van der Waals surface area contributed by atoms with Crippen LogP contribution in [0.15, 0.2) is 52.0 Å². The Morgan fingerprint density at radius 3 is 2.81 bits per heavy atom. The van der Waals surface area contributed by atoms with Crippen molar-refractivity contribution in [3.05, 3.63) is 46.7 Å². The van der Waals surface area contributed by atoms with E-state index >= 15 is 0 Å². The molecule has 140 valence electrons. The highest BCUT2D eigenvalue weighted by atomic mass is 32.2. The Bertz CT molecular complexity index is 863. The van der Waals surface area contributed by atoms with Gasteiger partial charge < -0.3 is 10.5 Å². The van der Waals surface area contributed by atoms with Gasteiger partial charge in [0.05, 0.1) is 18.5 Å². The van der Waals surface area contributed by atoms with E-state index in [0.717, 1.165) is 16.6 Å². The van der Waals surface area contributed by atoms with Gasteiger partial charge in [0, 0.05) is 11.3 Å². The number of nitrogens with zero attached hydrogens (tertiary/aromatic N) is 3. The van der Waals surface area contributed by atoms with E-state index in [9.17, 15) is 9.59 Å². The molecule has 1 aliphatic heterocycles. The molecule has 1 fully saturated rings. The molecule has 1 unspecified atom stereocenters. The number of ether oxygens (including phenoxy) is 1. The number of amides is 2. The summed E-state index contributed by atoms with van der Waals surface area (Å²) in [5.74, 6) is 0.109. The summed E-state index contributed by atoms with van der Waals surface area (Å²) >= 11 is 2.58. The zero-order valence-corrected chi connectivity index (χ0v) is 16.2. The maximum atomic E-state index is 12.6. The summed E-state index contributed by atoms with van der Waals surface area (Å²) in [6, 6.07) is 10.7. The number of hydrogen-bond donors (Lipinski definition) is 1. The molecule has 3 rings (SSSR count). The van der Waals surface area contributed by atoms with Gasteiger partial charge >= 0.3 is 0 Å². The Hall–Kier alpha value is -2.65. The average molecular weight is 403 g/mol. The van der Waals surface area contributed by atoms with Crippen LogP contribution in [0.5, 0.6) is 5.75 Å². The molecule has 2 heterocycles. The first-order valence-electron chi connectivity index (χ1n) is 8.24. The van der Waals surface area contributed by atoms with E-state index in [2.05, 4.69) is 10.2 Å². The molecule has 0 radical (unpaired) electrons. The lowest BCUT2D eigenvalue weighted by molar-refractivity contribution is -0.121. The van der Waals surface area contributed by atoms with Crippen LogP contribution in [0.2, 0.25) is 0 Å². The zero-order chi connectivity index (χ0) is 19.2. The molecular formula is C18H18N4O3S2. The molecule has 27 heavy (non-hydrogen) atoms. The quantitative estimate of drug-likeness (QED) is 0.347. The third-order valence-electron chi connectivity index (χ3n) is 3.66. The SMILES string of the molecule is CCOc1ccc(N2C(=O)CC(S/C(N)=N/N=C/c3cccs3)C2=O)cc1. The Morgan fingerprint density at radius 1 is 1.37 bits per heavy atom. The van der Waals surface area contributed by atoms with E-state index in [-0.39, 0.29) is 23.4 Å². The fraction of sp³-hybridized carbons (Fsp3) is 0.222. The minimum atomic E-state index is -0.607. The number of carbonyl (C=O) groups is 2. The van der Waals surface area contributed by atoms with Gasteiger partial charge in [-0.05, 0) is 42.6 Å². The van der Waals surface area contributed by atoms with Gasteiger partial charge in [0.25, 0.3) is 0 Å². The van der Waals surface area contributed by atoms with Gasteiger partial charge in [0.1, 0.15) is 11.0 Å². The van der Waals surface area contributed by atoms with Crippen LogP contribution in [0.3, 0.4) is 0 Å². The van der Waals surface area contributed by atoms with Crippen molar-refractivity contribution in [1.29, 1.82) is 0 Å². The molecule has 1 aliphatic rings. The second-order valence-electron chi connectivity index (χ2n) is 5.50. The van der Waals surface area contributed by atoms with Crippen LogP contribution in [-0.4, -0.2) is 35.1 Å². The smallest absolute Gasteiger partial charge is 0.247 e. The molecule has 0 saturated carbocycles. The number of thiophene rings is 1. The summed E-state index contributed by atoms with van der Waals surface area (Å²) in [6.07, 6.45) is 1.66. The first-order chi connectivity index (χ1) is 13.1. The van der Waals surface area contributed by atoms with Crippen LogP contribution < -0.4 is 15.4 Å². The Kier molecular flexibility index (Phi) is 6.25. The fourth-order valence-electron chi connectivity index (χ4n) is 2.50. The van der Waals surface area contributed by atoms with Crippen molar-refractivity contribution in [3.63, 3.8) is 0 Å². The van der Waals surface area contributed by atoms with E-state index in [0.29, 0.717) is 18.0 Å². The number of carbonyl (C=O) groups excluding carboxylic acids is 2. The molecule has 1 atom stereocenters. The number of nitrogens with two attached hydrogens (primary N) is 1. The van der Waals surface area contributed by atoms with E-state index in [1.54, 1.807) is 30.5 Å². The van der Waals surface area contributed by atoms with Crippen molar-refractivity contribution in [2.45, 2.75) is 18.6 Å². The van der Waals surface area contributed by atoms with Crippen molar-refractivity contribution in [3.8, 4) is 5.75 Å². The summed E-state index contributed by atoms with van der Waals surface area (Å²) in [4.78, 5) is 27.1. The molecular weight excluding hydrogens is 384 g/mol. The van der Waals surface area contributed by atoms with E-state index < -0.39 is 5.25 Å². The normalized spacial score (nSPS) is 17.9. The lowest BCUT2D eigenvalue weighted by atomic mass is 10.3. The monoisotopic (exact) mass is 402 g/mol. The third-order valence-corrected chi connectivity index (χ3v) is 5.44. The van der Waals surface area contributed by atoms with Crippen LogP contribution in [-0.2, 0) is 9.59 Å². The van der Waals surface area contributed by atoms with Crippen molar-refractivity contribution >= 4 is 52.0 Å².